The van der Waals surface area contributed by atoms with E-state index in [1.807, 2.05) is 0 Å². The van der Waals surface area contributed by atoms with Crippen LogP contribution in [0, 0.1) is 12.8 Å². The van der Waals surface area contributed by atoms with Crippen molar-refractivity contribution in [2.45, 2.75) is 19.9 Å². The van der Waals surface area contributed by atoms with E-state index in [9.17, 15) is 19.2 Å². The molecule has 126 valence electrons. The van der Waals surface area contributed by atoms with Gasteiger partial charge in [-0.1, -0.05) is 0 Å². The third-order valence-electron chi connectivity index (χ3n) is 3.68. The molecule has 9 heteroatoms. The highest BCUT2D eigenvalue weighted by molar-refractivity contribution is 5.81. The molecule has 1 fully saturated rings. The Balaban J connectivity index is 2.13. The molecule has 1 aromatic rings. The van der Waals surface area contributed by atoms with E-state index in [0.717, 1.165) is 11.0 Å². The van der Waals surface area contributed by atoms with Crippen LogP contribution in [0.2, 0.25) is 0 Å². The van der Waals surface area contributed by atoms with Gasteiger partial charge in [0.1, 0.15) is 13.1 Å². The summed E-state index contributed by atoms with van der Waals surface area (Å²) in [5, 5.41) is 8.97. The van der Waals surface area contributed by atoms with Gasteiger partial charge in [0.05, 0.1) is 6.61 Å². The maximum atomic E-state index is 12.4. The van der Waals surface area contributed by atoms with Gasteiger partial charge in [-0.2, -0.15) is 0 Å². The summed E-state index contributed by atoms with van der Waals surface area (Å²) in [6.07, 6.45) is 2.05. The Hall–Kier alpha value is -2.42. The number of nitrogens with one attached hydrogen (secondary N) is 1. The van der Waals surface area contributed by atoms with Gasteiger partial charge in [-0.15, -0.1) is 0 Å². The van der Waals surface area contributed by atoms with E-state index in [0.29, 0.717) is 18.8 Å². The molecule has 1 aliphatic heterocycles. The number of H-pyrrole nitrogens is 1. The van der Waals surface area contributed by atoms with Gasteiger partial charge < -0.3 is 14.7 Å². The summed E-state index contributed by atoms with van der Waals surface area (Å²) in [6.45, 7) is 2.11. The van der Waals surface area contributed by atoms with Crippen molar-refractivity contribution in [1.82, 2.24) is 14.5 Å². The largest absolute Gasteiger partial charge is 0.480 e. The first-order valence-corrected chi connectivity index (χ1v) is 7.24. The van der Waals surface area contributed by atoms with Gasteiger partial charge in [-0.25, -0.2) is 4.79 Å². The van der Waals surface area contributed by atoms with E-state index in [2.05, 4.69) is 4.98 Å². The van der Waals surface area contributed by atoms with Gasteiger partial charge in [0, 0.05) is 30.8 Å². The smallest absolute Gasteiger partial charge is 0.328 e. The van der Waals surface area contributed by atoms with Gasteiger partial charge in [-0.3, -0.25) is 23.9 Å². The number of carboxylic acids is 1. The number of carboxylic acid groups (broad SMARTS) is 1. The minimum atomic E-state index is -1.12. The number of amides is 1. The Bertz CT molecular complexity index is 701. The van der Waals surface area contributed by atoms with Crippen LogP contribution in [0.4, 0.5) is 0 Å². The van der Waals surface area contributed by atoms with Crippen LogP contribution < -0.4 is 11.2 Å². The lowest BCUT2D eigenvalue weighted by Crippen LogP contribution is -2.43. The second-order valence-corrected chi connectivity index (χ2v) is 5.60. The summed E-state index contributed by atoms with van der Waals surface area (Å²) in [4.78, 5) is 49.7. The fourth-order valence-corrected chi connectivity index (χ4v) is 2.44. The van der Waals surface area contributed by atoms with Crippen molar-refractivity contribution < 1.29 is 19.4 Å². The second kappa shape index (κ2) is 7.23. The summed E-state index contributed by atoms with van der Waals surface area (Å²) in [5.41, 5.74) is -0.913. The van der Waals surface area contributed by atoms with E-state index in [1.165, 1.54) is 18.0 Å². The monoisotopic (exact) mass is 325 g/mol. The van der Waals surface area contributed by atoms with Crippen molar-refractivity contribution in [2.24, 2.45) is 5.92 Å². The predicted molar refractivity (Wildman–Crippen MR) is 79.2 cm³/mol. The molecule has 1 aromatic heterocycles. The SMILES string of the molecule is Cc1cn(CC(=O)N(CC(=O)O)C[C@@H]2CCOC2)c(=O)[nH]c1=O. The molecule has 2 heterocycles. The van der Waals surface area contributed by atoms with Crippen molar-refractivity contribution in [1.29, 1.82) is 0 Å². The Kier molecular flexibility index (Phi) is 5.32. The Labute approximate surface area is 131 Å². The summed E-state index contributed by atoms with van der Waals surface area (Å²) < 4.78 is 6.30. The van der Waals surface area contributed by atoms with Crippen LogP contribution in [-0.4, -0.2) is 57.7 Å². The number of hydrogen-bond donors (Lipinski definition) is 2. The van der Waals surface area contributed by atoms with Crippen LogP contribution in [0.15, 0.2) is 15.8 Å². The van der Waals surface area contributed by atoms with E-state index >= 15 is 0 Å². The molecule has 1 saturated heterocycles. The summed E-state index contributed by atoms with van der Waals surface area (Å²) in [6, 6.07) is 0. The van der Waals surface area contributed by atoms with Gasteiger partial charge in [0.25, 0.3) is 5.56 Å². The van der Waals surface area contributed by atoms with Crippen LogP contribution in [-0.2, 0) is 20.9 Å². The zero-order valence-corrected chi connectivity index (χ0v) is 12.8. The fraction of sp³-hybridized carbons (Fsp3) is 0.571. The molecule has 23 heavy (non-hydrogen) atoms. The number of rotatable bonds is 6. The zero-order chi connectivity index (χ0) is 17.0. The molecule has 1 amide bonds. The average molecular weight is 325 g/mol. The maximum absolute atomic E-state index is 12.4. The van der Waals surface area contributed by atoms with Gasteiger partial charge in [0.15, 0.2) is 0 Å². The van der Waals surface area contributed by atoms with Crippen LogP contribution in [0.25, 0.3) is 0 Å². The van der Waals surface area contributed by atoms with E-state index < -0.39 is 29.7 Å². The molecule has 1 aliphatic rings. The Morgan fingerprint density at radius 2 is 2.22 bits per heavy atom. The quantitative estimate of drug-likeness (QED) is 0.677. The first-order chi connectivity index (χ1) is 10.9. The number of nitrogens with zero attached hydrogens (tertiary/aromatic N) is 2. The summed E-state index contributed by atoms with van der Waals surface area (Å²) in [7, 11) is 0. The lowest BCUT2D eigenvalue weighted by molar-refractivity contribution is -0.145. The van der Waals surface area contributed by atoms with Gasteiger partial charge in [-0.05, 0) is 13.3 Å². The molecule has 0 bridgehead atoms. The van der Waals surface area contributed by atoms with E-state index in [1.54, 1.807) is 0 Å². The Morgan fingerprint density at radius 3 is 2.83 bits per heavy atom. The van der Waals surface area contributed by atoms with Crippen molar-refractivity contribution in [3.05, 3.63) is 32.6 Å². The molecular weight excluding hydrogens is 306 g/mol. The van der Waals surface area contributed by atoms with Crippen LogP contribution in [0.5, 0.6) is 0 Å². The number of carbonyl (C=O) groups excluding carboxylic acids is 1. The molecule has 0 aromatic carbocycles. The number of aliphatic carboxylic acids is 1. The molecule has 1 atom stereocenters. The molecule has 0 aliphatic carbocycles. The van der Waals surface area contributed by atoms with Crippen LogP contribution >= 0.6 is 0 Å². The van der Waals surface area contributed by atoms with Gasteiger partial charge in [0.2, 0.25) is 5.91 Å². The number of aryl methyl sites for hydroxylation is 1. The van der Waals surface area contributed by atoms with Crippen molar-refractivity contribution in [3.8, 4) is 0 Å². The first-order valence-electron chi connectivity index (χ1n) is 7.24. The van der Waals surface area contributed by atoms with Crippen LogP contribution in [0.1, 0.15) is 12.0 Å². The summed E-state index contributed by atoms with van der Waals surface area (Å²) >= 11 is 0. The van der Waals surface area contributed by atoms with Gasteiger partial charge >= 0.3 is 11.7 Å². The molecule has 9 nitrogen and oxygen atoms in total. The van der Waals surface area contributed by atoms with E-state index in [4.69, 9.17) is 9.84 Å². The third-order valence-corrected chi connectivity index (χ3v) is 3.68. The highest BCUT2D eigenvalue weighted by Crippen LogP contribution is 2.14. The molecule has 0 spiro atoms. The Morgan fingerprint density at radius 1 is 1.48 bits per heavy atom. The van der Waals surface area contributed by atoms with Crippen molar-refractivity contribution in [2.75, 3.05) is 26.3 Å². The number of aromatic nitrogens is 2. The maximum Gasteiger partial charge on any atom is 0.328 e. The standard InChI is InChI=1S/C14H19N3O6/c1-9-4-17(14(22)15-13(9)21)6-11(18)16(7-12(19)20)5-10-2-3-23-8-10/h4,10H,2-3,5-8H2,1H3,(H,19,20)(H,15,21,22)/t10-/m0/s1. The third kappa shape index (κ3) is 4.52. The van der Waals surface area contributed by atoms with Crippen molar-refractivity contribution >= 4 is 11.9 Å². The summed E-state index contributed by atoms with van der Waals surface area (Å²) in [5.74, 6) is -1.53. The average Bonchev–Trinajstić information content (AvgIpc) is 2.96. The van der Waals surface area contributed by atoms with Crippen molar-refractivity contribution in [3.63, 3.8) is 0 Å². The molecule has 2 N–H and O–H groups in total. The molecular formula is C14H19N3O6. The minimum Gasteiger partial charge on any atom is -0.480 e. The molecule has 0 radical (unpaired) electrons. The fourth-order valence-electron chi connectivity index (χ4n) is 2.44. The normalized spacial score (nSPS) is 17.2. The first kappa shape index (κ1) is 16.9. The topological polar surface area (TPSA) is 122 Å². The number of hydrogen-bond acceptors (Lipinski definition) is 5. The zero-order valence-electron chi connectivity index (χ0n) is 12.8. The number of carbonyl (C=O) groups is 2. The lowest BCUT2D eigenvalue weighted by Gasteiger charge is -2.23. The molecule has 0 unspecified atom stereocenters. The second-order valence-electron chi connectivity index (χ2n) is 5.60. The van der Waals surface area contributed by atoms with Crippen LogP contribution in [0.3, 0.4) is 0 Å². The highest BCUT2D eigenvalue weighted by Gasteiger charge is 2.24. The minimum absolute atomic E-state index is 0.0901. The number of aromatic amines is 1. The van der Waals surface area contributed by atoms with E-state index in [-0.39, 0.29) is 19.0 Å². The predicted octanol–water partition coefficient (Wildman–Crippen LogP) is -1.21. The number of ether oxygens (including phenoxy) is 1. The lowest BCUT2D eigenvalue weighted by atomic mass is 10.1. The highest BCUT2D eigenvalue weighted by atomic mass is 16.5. The molecule has 0 saturated carbocycles. The molecule has 2 rings (SSSR count).